The number of carbonyl (C=O) groups is 1. The van der Waals surface area contributed by atoms with Gasteiger partial charge in [-0.3, -0.25) is 4.79 Å². The predicted octanol–water partition coefficient (Wildman–Crippen LogP) is 1.29. The largest absolute Gasteiger partial charge is 0.378 e. The van der Waals surface area contributed by atoms with Crippen LogP contribution in [0.15, 0.2) is 18.2 Å². The molecular formula is C16H19FN2O2. The molecule has 3 N–H and O–H groups in total. The smallest absolute Gasteiger partial charge is 0.254 e. The summed E-state index contributed by atoms with van der Waals surface area (Å²) in [5.41, 5.74) is 5.87. The first-order valence-electron chi connectivity index (χ1n) is 7.00. The number of halogens is 1. The van der Waals surface area contributed by atoms with Crippen molar-refractivity contribution in [1.82, 2.24) is 5.32 Å². The zero-order chi connectivity index (χ0) is 15.2. The van der Waals surface area contributed by atoms with Gasteiger partial charge in [-0.15, -0.1) is 0 Å². The van der Waals surface area contributed by atoms with Gasteiger partial charge in [0.25, 0.3) is 5.91 Å². The second-order valence-electron chi connectivity index (χ2n) is 5.04. The summed E-state index contributed by atoms with van der Waals surface area (Å²) in [5, 5.41) is 2.76. The standard InChI is InChI=1S/C16H19FN2O2/c1-11-13(6-8-21-11)10-19-16(20)14-9-12(3-2-7-18)4-5-15(14)17/h4-5,9,11,13H,6-8,10,18H2,1H3,(H,19,20). The van der Waals surface area contributed by atoms with Crippen LogP contribution >= 0.6 is 0 Å². The van der Waals surface area contributed by atoms with Gasteiger partial charge >= 0.3 is 0 Å². The maximum Gasteiger partial charge on any atom is 0.254 e. The van der Waals surface area contributed by atoms with Crippen molar-refractivity contribution in [2.24, 2.45) is 11.7 Å². The summed E-state index contributed by atoms with van der Waals surface area (Å²) in [7, 11) is 0. The highest BCUT2D eigenvalue weighted by Crippen LogP contribution is 2.19. The molecule has 1 aromatic rings. The number of benzene rings is 1. The Balaban J connectivity index is 2.04. The molecule has 5 heteroatoms. The number of carbonyl (C=O) groups excluding carboxylic acids is 1. The van der Waals surface area contributed by atoms with E-state index < -0.39 is 11.7 Å². The van der Waals surface area contributed by atoms with Gasteiger partial charge in [-0.2, -0.15) is 0 Å². The predicted molar refractivity (Wildman–Crippen MR) is 78.2 cm³/mol. The van der Waals surface area contributed by atoms with Crippen LogP contribution in [0.4, 0.5) is 4.39 Å². The molecule has 0 saturated carbocycles. The lowest BCUT2D eigenvalue weighted by atomic mass is 10.0. The molecule has 2 unspecified atom stereocenters. The third-order valence-electron chi connectivity index (χ3n) is 3.60. The Kier molecular flexibility index (Phi) is 5.32. The van der Waals surface area contributed by atoms with Crippen molar-refractivity contribution in [3.8, 4) is 11.8 Å². The third-order valence-corrected chi connectivity index (χ3v) is 3.60. The average molecular weight is 290 g/mol. The van der Waals surface area contributed by atoms with E-state index in [-0.39, 0.29) is 24.1 Å². The van der Waals surface area contributed by atoms with Crippen LogP contribution in [0.3, 0.4) is 0 Å². The fraction of sp³-hybridized carbons (Fsp3) is 0.438. The van der Waals surface area contributed by atoms with Crippen LogP contribution in [0.2, 0.25) is 0 Å². The lowest BCUT2D eigenvalue weighted by molar-refractivity contribution is 0.0904. The fourth-order valence-electron chi connectivity index (χ4n) is 2.29. The van der Waals surface area contributed by atoms with Crippen LogP contribution in [-0.2, 0) is 4.74 Å². The molecule has 0 bridgehead atoms. The van der Waals surface area contributed by atoms with Crippen molar-refractivity contribution in [1.29, 1.82) is 0 Å². The molecule has 1 amide bonds. The van der Waals surface area contributed by atoms with Gasteiger partial charge in [0.2, 0.25) is 0 Å². The summed E-state index contributed by atoms with van der Waals surface area (Å²) in [4.78, 5) is 12.1. The van der Waals surface area contributed by atoms with Crippen LogP contribution in [0, 0.1) is 23.6 Å². The molecule has 112 valence electrons. The normalized spacial score (nSPS) is 20.7. The monoisotopic (exact) mass is 290 g/mol. The first-order chi connectivity index (χ1) is 10.1. The van der Waals surface area contributed by atoms with Crippen molar-refractivity contribution in [2.45, 2.75) is 19.4 Å². The van der Waals surface area contributed by atoms with Crippen LogP contribution in [0.1, 0.15) is 29.3 Å². The molecule has 1 saturated heterocycles. The van der Waals surface area contributed by atoms with E-state index in [9.17, 15) is 9.18 Å². The van der Waals surface area contributed by atoms with Gasteiger partial charge in [-0.1, -0.05) is 11.8 Å². The molecule has 1 aliphatic rings. The van der Waals surface area contributed by atoms with Gasteiger partial charge < -0.3 is 15.8 Å². The summed E-state index contributed by atoms with van der Waals surface area (Å²) < 4.78 is 19.2. The second kappa shape index (κ2) is 7.21. The topological polar surface area (TPSA) is 64.3 Å². The van der Waals surface area contributed by atoms with Crippen LogP contribution in [-0.4, -0.2) is 31.7 Å². The summed E-state index contributed by atoms with van der Waals surface area (Å²) in [6.45, 7) is 3.39. The molecule has 0 radical (unpaired) electrons. The minimum absolute atomic E-state index is 0.00499. The molecule has 2 rings (SSSR count). The van der Waals surface area contributed by atoms with E-state index in [1.54, 1.807) is 0 Å². The molecular weight excluding hydrogens is 271 g/mol. The average Bonchev–Trinajstić information content (AvgIpc) is 2.89. The van der Waals surface area contributed by atoms with Gasteiger partial charge in [-0.25, -0.2) is 4.39 Å². The number of hydrogen-bond donors (Lipinski definition) is 2. The Labute approximate surface area is 123 Å². The van der Waals surface area contributed by atoms with E-state index in [0.717, 1.165) is 6.42 Å². The first-order valence-corrected chi connectivity index (χ1v) is 7.00. The summed E-state index contributed by atoms with van der Waals surface area (Å²) in [5.74, 6) is 4.76. The lowest BCUT2D eigenvalue weighted by Gasteiger charge is -2.15. The maximum atomic E-state index is 13.8. The maximum absolute atomic E-state index is 13.8. The minimum atomic E-state index is -0.554. The summed E-state index contributed by atoms with van der Waals surface area (Å²) >= 11 is 0. The number of nitrogens with one attached hydrogen (secondary N) is 1. The van der Waals surface area contributed by atoms with Gasteiger partial charge in [-0.05, 0) is 31.5 Å². The SMILES string of the molecule is CC1OCCC1CNC(=O)c1cc(C#CCN)ccc1F. The molecule has 1 fully saturated rings. The zero-order valence-corrected chi connectivity index (χ0v) is 12.0. The highest BCUT2D eigenvalue weighted by atomic mass is 19.1. The highest BCUT2D eigenvalue weighted by molar-refractivity contribution is 5.94. The summed E-state index contributed by atoms with van der Waals surface area (Å²) in [6.07, 6.45) is 1.03. The number of nitrogens with two attached hydrogens (primary N) is 1. The quantitative estimate of drug-likeness (QED) is 0.825. The minimum Gasteiger partial charge on any atom is -0.378 e. The number of ether oxygens (including phenoxy) is 1. The molecule has 2 atom stereocenters. The Hall–Kier alpha value is -1.90. The van der Waals surface area contributed by atoms with Crippen molar-refractivity contribution in [3.63, 3.8) is 0 Å². The molecule has 1 heterocycles. The molecule has 1 aromatic carbocycles. The fourth-order valence-corrected chi connectivity index (χ4v) is 2.29. The third kappa shape index (κ3) is 4.03. The number of rotatable bonds is 3. The van der Waals surface area contributed by atoms with Crippen molar-refractivity contribution in [2.75, 3.05) is 19.7 Å². The lowest BCUT2D eigenvalue weighted by Crippen LogP contribution is -2.32. The van der Waals surface area contributed by atoms with Gasteiger partial charge in [0, 0.05) is 24.6 Å². The molecule has 0 aromatic heterocycles. The van der Waals surface area contributed by atoms with Crippen LogP contribution in [0.5, 0.6) is 0 Å². The highest BCUT2D eigenvalue weighted by Gasteiger charge is 2.25. The first kappa shape index (κ1) is 15.5. The van der Waals surface area contributed by atoms with E-state index in [1.165, 1.54) is 18.2 Å². The van der Waals surface area contributed by atoms with E-state index in [1.807, 2.05) is 6.92 Å². The Morgan fingerprint density at radius 3 is 3.05 bits per heavy atom. The van der Waals surface area contributed by atoms with Crippen molar-refractivity contribution >= 4 is 5.91 Å². The van der Waals surface area contributed by atoms with Crippen molar-refractivity contribution < 1.29 is 13.9 Å². The Bertz CT molecular complexity index is 577. The Morgan fingerprint density at radius 2 is 2.38 bits per heavy atom. The van der Waals surface area contributed by atoms with Crippen LogP contribution < -0.4 is 11.1 Å². The van der Waals surface area contributed by atoms with E-state index in [2.05, 4.69) is 17.2 Å². The number of hydrogen-bond acceptors (Lipinski definition) is 3. The van der Waals surface area contributed by atoms with Gasteiger partial charge in [0.05, 0.1) is 18.2 Å². The Morgan fingerprint density at radius 1 is 1.57 bits per heavy atom. The zero-order valence-electron chi connectivity index (χ0n) is 12.0. The second-order valence-corrected chi connectivity index (χ2v) is 5.04. The van der Waals surface area contributed by atoms with Crippen LogP contribution in [0.25, 0.3) is 0 Å². The molecule has 21 heavy (non-hydrogen) atoms. The molecule has 0 aliphatic carbocycles. The van der Waals surface area contributed by atoms with Crippen molar-refractivity contribution in [3.05, 3.63) is 35.1 Å². The molecule has 0 spiro atoms. The number of amides is 1. The van der Waals surface area contributed by atoms with E-state index in [0.29, 0.717) is 18.7 Å². The molecule has 1 aliphatic heterocycles. The van der Waals surface area contributed by atoms with E-state index in [4.69, 9.17) is 10.5 Å². The molecule has 4 nitrogen and oxygen atoms in total. The summed E-state index contributed by atoms with van der Waals surface area (Å²) in [6, 6.07) is 4.22. The van der Waals surface area contributed by atoms with Gasteiger partial charge in [0.1, 0.15) is 5.82 Å². The van der Waals surface area contributed by atoms with Gasteiger partial charge in [0.15, 0.2) is 0 Å². The van der Waals surface area contributed by atoms with E-state index >= 15 is 0 Å².